The van der Waals surface area contributed by atoms with Crippen molar-refractivity contribution in [2.24, 2.45) is 0 Å². The Balaban J connectivity index is 1.88. The number of amides is 1. The lowest BCUT2D eigenvalue weighted by atomic mass is 9.76. The number of allylic oxidation sites excluding steroid dienone is 4. The molecule has 3 aromatic rings. The summed E-state index contributed by atoms with van der Waals surface area (Å²) in [5.74, 6) is -0.588. The molecular formula is C38H45N5O5. The van der Waals surface area contributed by atoms with Gasteiger partial charge in [0.2, 0.25) is 5.91 Å². The quantitative estimate of drug-likeness (QED) is 0.257. The lowest BCUT2D eigenvalue weighted by molar-refractivity contribution is -0.141. The van der Waals surface area contributed by atoms with Gasteiger partial charge in [0.15, 0.2) is 0 Å². The molecule has 3 aromatic heterocycles. The minimum Gasteiger partial charge on any atom is -0.469 e. The zero-order valence-corrected chi connectivity index (χ0v) is 29.4. The van der Waals surface area contributed by atoms with Crippen molar-refractivity contribution in [3.63, 3.8) is 0 Å². The van der Waals surface area contributed by atoms with Crippen molar-refractivity contribution in [2.75, 3.05) is 28.3 Å². The molecule has 10 nitrogen and oxygen atoms in total. The number of methoxy groups -OCH3 is 2. The number of aromatic amines is 2. The molecule has 0 saturated heterocycles. The highest BCUT2D eigenvalue weighted by molar-refractivity contribution is 5.94. The van der Waals surface area contributed by atoms with Gasteiger partial charge < -0.3 is 24.3 Å². The van der Waals surface area contributed by atoms with Crippen LogP contribution in [0.4, 0.5) is 0 Å². The minimum absolute atomic E-state index is 0.00160. The van der Waals surface area contributed by atoms with Gasteiger partial charge in [0.25, 0.3) is 0 Å². The topological polar surface area (TPSA) is 130 Å². The van der Waals surface area contributed by atoms with E-state index in [0.29, 0.717) is 12.8 Å². The van der Waals surface area contributed by atoms with E-state index in [2.05, 4.69) is 36.0 Å². The summed E-state index contributed by atoms with van der Waals surface area (Å²) >= 11 is 0. The zero-order valence-electron chi connectivity index (χ0n) is 29.4. The Morgan fingerprint density at radius 3 is 2.15 bits per heavy atom. The van der Waals surface area contributed by atoms with Gasteiger partial charge in [-0.15, -0.1) is 0 Å². The van der Waals surface area contributed by atoms with Crippen LogP contribution in [0.2, 0.25) is 0 Å². The number of carbonyl (C=O) groups is 3. The number of nitrogens with zero attached hydrogens (tertiary/aromatic N) is 3. The standard InChI is InChI=1S/C38H45N5O5/c1-10-27-33-17-28-21(2)15-24(39-28)16-29-22(3)25(11-13-36(45)47-8)31(40-29)18-32-26(12-14-37(46)48-9)23(4)30(41-32)19-34(42-33)38(27,5)20-35(44)43(6)7/h10,15-19,39,41H,11-14,20H2,1-9H3/b24-16?,27-10+,28-17?,29-16?,30-19?,31-18?,32-18?,33-17?,34-19?/t38-/m0/s1. The van der Waals surface area contributed by atoms with E-state index in [1.54, 1.807) is 19.0 Å². The number of ether oxygens (including phenoxy) is 2. The molecule has 0 spiro atoms. The molecule has 10 heteroatoms. The number of aromatic nitrogens is 4. The van der Waals surface area contributed by atoms with Crippen molar-refractivity contribution in [1.29, 1.82) is 0 Å². The van der Waals surface area contributed by atoms with Crippen molar-refractivity contribution in [1.82, 2.24) is 24.8 Å². The van der Waals surface area contributed by atoms with E-state index in [0.717, 1.165) is 78.3 Å². The van der Waals surface area contributed by atoms with Gasteiger partial charge in [-0.05, 0) is 111 Å². The summed E-state index contributed by atoms with van der Waals surface area (Å²) < 4.78 is 9.92. The first-order chi connectivity index (χ1) is 22.8. The normalized spacial score (nSPS) is 16.7. The summed E-state index contributed by atoms with van der Waals surface area (Å²) in [5, 5.41) is 0. The maximum absolute atomic E-state index is 13.3. The number of esters is 2. The Morgan fingerprint density at radius 1 is 0.833 bits per heavy atom. The number of rotatable bonds is 8. The van der Waals surface area contributed by atoms with E-state index >= 15 is 0 Å². The molecule has 0 fully saturated rings. The van der Waals surface area contributed by atoms with Gasteiger partial charge >= 0.3 is 11.9 Å². The Bertz CT molecular complexity index is 2030. The van der Waals surface area contributed by atoms with E-state index in [9.17, 15) is 14.4 Å². The molecule has 2 aliphatic heterocycles. The number of hydrogen-bond acceptors (Lipinski definition) is 7. The van der Waals surface area contributed by atoms with Crippen LogP contribution in [0.5, 0.6) is 0 Å². The Kier molecular flexibility index (Phi) is 9.75. The lowest BCUT2D eigenvalue weighted by Crippen LogP contribution is -2.31. The third-order valence-corrected chi connectivity index (χ3v) is 9.63. The smallest absolute Gasteiger partial charge is 0.305 e. The summed E-state index contributed by atoms with van der Waals surface area (Å²) in [7, 11) is 6.32. The van der Waals surface area contributed by atoms with Crippen molar-refractivity contribution >= 4 is 56.6 Å². The summed E-state index contributed by atoms with van der Waals surface area (Å²) in [5.41, 5.74) is 11.7. The molecular weight excluding hydrogens is 606 g/mol. The number of carbonyl (C=O) groups excluding carboxylic acids is 3. The fraction of sp³-hybridized carbons (Fsp3) is 0.395. The van der Waals surface area contributed by atoms with E-state index in [1.165, 1.54) is 14.2 Å². The second-order valence-corrected chi connectivity index (χ2v) is 13.0. The fourth-order valence-electron chi connectivity index (χ4n) is 6.66. The van der Waals surface area contributed by atoms with Gasteiger partial charge in [-0.25, -0.2) is 4.98 Å². The molecule has 5 heterocycles. The summed E-state index contributed by atoms with van der Waals surface area (Å²) in [4.78, 5) is 56.8. The van der Waals surface area contributed by atoms with Crippen molar-refractivity contribution in [2.45, 2.75) is 72.1 Å². The van der Waals surface area contributed by atoms with Crippen LogP contribution in [-0.2, 0) is 35.7 Å². The number of fused-ring (bicyclic) bond motifs is 8. The van der Waals surface area contributed by atoms with Gasteiger partial charge in [0.1, 0.15) is 0 Å². The van der Waals surface area contributed by atoms with Crippen LogP contribution in [-0.4, -0.2) is 71.0 Å². The maximum Gasteiger partial charge on any atom is 0.305 e. The summed E-state index contributed by atoms with van der Waals surface area (Å²) in [6.45, 7) is 10.2. The molecule has 48 heavy (non-hydrogen) atoms. The zero-order chi connectivity index (χ0) is 34.9. The number of aryl methyl sites for hydroxylation is 3. The highest BCUT2D eigenvalue weighted by Crippen LogP contribution is 2.45. The Morgan fingerprint density at radius 2 is 1.50 bits per heavy atom. The molecule has 1 amide bonds. The number of nitrogens with one attached hydrogen (secondary N) is 2. The van der Waals surface area contributed by atoms with E-state index in [-0.39, 0.29) is 37.1 Å². The molecule has 8 bridgehead atoms. The largest absolute Gasteiger partial charge is 0.469 e. The molecule has 1 atom stereocenters. The van der Waals surface area contributed by atoms with Gasteiger partial charge in [-0.2, -0.15) is 0 Å². The first-order valence-electron chi connectivity index (χ1n) is 16.2. The second-order valence-electron chi connectivity index (χ2n) is 13.0. The molecule has 5 rings (SSSR count). The number of H-pyrrole nitrogens is 2. The first-order valence-corrected chi connectivity index (χ1v) is 16.2. The van der Waals surface area contributed by atoms with Crippen LogP contribution in [0.1, 0.15) is 85.9 Å². The average molecular weight is 652 g/mol. The molecule has 0 radical (unpaired) electrons. The van der Waals surface area contributed by atoms with E-state index in [1.807, 2.05) is 45.0 Å². The van der Waals surface area contributed by atoms with Crippen LogP contribution >= 0.6 is 0 Å². The first kappa shape index (κ1) is 34.3. The molecule has 2 aliphatic rings. The van der Waals surface area contributed by atoms with Gasteiger partial charge in [-0.3, -0.25) is 19.4 Å². The van der Waals surface area contributed by atoms with Gasteiger partial charge in [-0.1, -0.05) is 6.08 Å². The van der Waals surface area contributed by atoms with E-state index in [4.69, 9.17) is 19.4 Å². The molecule has 252 valence electrons. The summed E-state index contributed by atoms with van der Waals surface area (Å²) in [6.07, 6.45) is 3.63. The molecule has 0 unspecified atom stereocenters. The Hall–Kier alpha value is -4.99. The molecule has 0 saturated carbocycles. The van der Waals surface area contributed by atoms with Crippen LogP contribution in [0, 0.1) is 13.8 Å². The maximum atomic E-state index is 13.3. The SMILES string of the molecule is C/C=C1\c2cc3[nH]c(cc4nc(cc5[nH]c(cc(n2)[C@@]1(C)CC(=O)N(C)C)c(C)c5CCC(=O)OC)C(CCC(=O)OC)=C4C)cc3C. The van der Waals surface area contributed by atoms with Crippen molar-refractivity contribution in [3.05, 3.63) is 75.9 Å². The third-order valence-electron chi connectivity index (χ3n) is 9.63. The lowest BCUT2D eigenvalue weighted by Gasteiger charge is -2.27. The molecule has 0 aliphatic carbocycles. The summed E-state index contributed by atoms with van der Waals surface area (Å²) in [6, 6.07) is 10.2. The van der Waals surface area contributed by atoms with E-state index < -0.39 is 5.41 Å². The molecule has 0 aromatic carbocycles. The minimum atomic E-state index is -0.696. The highest BCUT2D eigenvalue weighted by atomic mass is 16.5. The van der Waals surface area contributed by atoms with Crippen molar-refractivity contribution in [3.8, 4) is 0 Å². The van der Waals surface area contributed by atoms with Gasteiger partial charge in [0.05, 0.1) is 37.0 Å². The van der Waals surface area contributed by atoms with Crippen LogP contribution in [0.25, 0.3) is 38.8 Å². The predicted molar refractivity (Wildman–Crippen MR) is 189 cm³/mol. The average Bonchev–Trinajstić information content (AvgIpc) is 3.71. The monoisotopic (exact) mass is 651 g/mol. The van der Waals surface area contributed by atoms with Crippen LogP contribution in [0.3, 0.4) is 0 Å². The Labute approximate surface area is 281 Å². The van der Waals surface area contributed by atoms with Crippen molar-refractivity contribution < 1.29 is 23.9 Å². The third kappa shape index (κ3) is 6.56. The van der Waals surface area contributed by atoms with Crippen LogP contribution < -0.4 is 0 Å². The van der Waals surface area contributed by atoms with Gasteiger partial charge in [0, 0.05) is 60.8 Å². The second kappa shape index (κ2) is 13.6. The van der Waals surface area contributed by atoms with Crippen LogP contribution in [0.15, 0.2) is 36.4 Å². The predicted octanol–water partition coefficient (Wildman–Crippen LogP) is 6.76. The molecule has 2 N–H and O–H groups in total. The fourth-order valence-corrected chi connectivity index (χ4v) is 6.66. The highest BCUT2D eigenvalue weighted by Gasteiger charge is 2.40. The number of hydrogen-bond donors (Lipinski definition) is 2.